The Morgan fingerprint density at radius 1 is 0.946 bits per heavy atom. The fraction of sp³-hybridized carbons (Fsp3) is 0.200. The maximum Gasteiger partial charge on any atom is 0.316 e. The highest BCUT2D eigenvalue weighted by Gasteiger charge is 2.48. The third-order valence-corrected chi connectivity index (χ3v) is 4.92. The van der Waals surface area contributed by atoms with Gasteiger partial charge in [-0.15, -0.1) is 0 Å². The molecule has 0 aromatic heterocycles. The summed E-state index contributed by atoms with van der Waals surface area (Å²) in [5.41, 5.74) is 5.43. The van der Waals surface area contributed by atoms with Crippen LogP contribution in [-0.2, 0) is 9.59 Å². The first-order valence-corrected chi connectivity index (χ1v) is 10.6. The van der Waals surface area contributed by atoms with Gasteiger partial charge in [-0.2, -0.15) is 0 Å². The standard InChI is InChI=1S/C25H23F2N5O5/c1-15(33)31-25(2,23(26)27)20(22(35)32-37)30-21(34)18-11-7-16(8-12-18)5-3-4-6-17-9-13-19(14-10-17)29-24(28)36/h7-14,20,23,37H,1-2H3,(H,30,34)(H,31,33)(H,32,35)(H3,28,29,36). The van der Waals surface area contributed by atoms with E-state index in [4.69, 9.17) is 10.9 Å². The summed E-state index contributed by atoms with van der Waals surface area (Å²) in [7, 11) is 0. The lowest BCUT2D eigenvalue weighted by molar-refractivity contribution is -0.137. The largest absolute Gasteiger partial charge is 0.351 e. The van der Waals surface area contributed by atoms with Gasteiger partial charge in [0.15, 0.2) is 0 Å². The molecule has 7 N–H and O–H groups in total. The van der Waals surface area contributed by atoms with E-state index in [9.17, 15) is 28.0 Å². The summed E-state index contributed by atoms with van der Waals surface area (Å²) in [4.78, 5) is 46.9. The molecule has 2 aromatic rings. The van der Waals surface area contributed by atoms with Gasteiger partial charge < -0.3 is 21.7 Å². The number of nitrogens with two attached hydrogens (primary N) is 1. The Bertz CT molecular complexity index is 1290. The number of amides is 5. The van der Waals surface area contributed by atoms with Crippen LogP contribution in [0.5, 0.6) is 0 Å². The van der Waals surface area contributed by atoms with Crippen molar-refractivity contribution in [2.45, 2.75) is 31.9 Å². The molecule has 2 rings (SSSR count). The third kappa shape index (κ3) is 8.06. The van der Waals surface area contributed by atoms with Crippen molar-refractivity contribution in [1.29, 1.82) is 0 Å². The molecule has 2 unspecified atom stereocenters. The highest BCUT2D eigenvalue weighted by molar-refractivity contribution is 5.98. The van der Waals surface area contributed by atoms with Gasteiger partial charge in [-0.1, -0.05) is 11.8 Å². The molecular weight excluding hydrogens is 488 g/mol. The van der Waals surface area contributed by atoms with Gasteiger partial charge in [0.05, 0.1) is 0 Å². The fourth-order valence-electron chi connectivity index (χ4n) is 3.09. The van der Waals surface area contributed by atoms with Crippen LogP contribution in [0.3, 0.4) is 0 Å². The van der Waals surface area contributed by atoms with Crippen molar-refractivity contribution in [2.75, 3.05) is 5.32 Å². The molecule has 0 radical (unpaired) electrons. The predicted molar refractivity (Wildman–Crippen MR) is 129 cm³/mol. The van der Waals surface area contributed by atoms with Crippen LogP contribution >= 0.6 is 0 Å². The molecule has 0 bridgehead atoms. The van der Waals surface area contributed by atoms with E-state index in [1.165, 1.54) is 29.7 Å². The number of nitrogens with one attached hydrogen (secondary N) is 4. The van der Waals surface area contributed by atoms with E-state index in [0.717, 1.165) is 13.8 Å². The number of primary amides is 1. The van der Waals surface area contributed by atoms with E-state index >= 15 is 0 Å². The third-order valence-electron chi connectivity index (χ3n) is 4.92. The number of benzene rings is 2. The molecule has 0 saturated carbocycles. The van der Waals surface area contributed by atoms with Gasteiger partial charge in [-0.05, 0) is 67.3 Å². The minimum atomic E-state index is -3.26. The Balaban J connectivity index is 2.13. The monoisotopic (exact) mass is 511 g/mol. The second-order valence-electron chi connectivity index (χ2n) is 7.79. The molecule has 12 heteroatoms. The minimum absolute atomic E-state index is 0.0106. The van der Waals surface area contributed by atoms with E-state index in [-0.39, 0.29) is 5.56 Å². The van der Waals surface area contributed by atoms with E-state index in [1.54, 1.807) is 24.3 Å². The van der Waals surface area contributed by atoms with Gasteiger partial charge >= 0.3 is 6.03 Å². The van der Waals surface area contributed by atoms with Crippen LogP contribution in [0.4, 0.5) is 19.3 Å². The number of carbonyl (C=O) groups excluding carboxylic acids is 4. The molecule has 0 aliphatic rings. The Hall–Kier alpha value is -4.94. The molecule has 2 aromatic carbocycles. The van der Waals surface area contributed by atoms with E-state index < -0.39 is 41.8 Å². The average molecular weight is 511 g/mol. The normalized spacial score (nSPS) is 12.4. The average Bonchev–Trinajstić information content (AvgIpc) is 2.85. The van der Waals surface area contributed by atoms with Crippen molar-refractivity contribution in [2.24, 2.45) is 5.73 Å². The number of hydroxylamine groups is 1. The lowest BCUT2D eigenvalue weighted by Crippen LogP contribution is -2.68. The van der Waals surface area contributed by atoms with Gasteiger partial charge in [0.2, 0.25) is 5.91 Å². The second kappa shape index (κ2) is 12.7. The molecule has 0 saturated heterocycles. The maximum absolute atomic E-state index is 13.7. The summed E-state index contributed by atoms with van der Waals surface area (Å²) in [6.07, 6.45) is -3.26. The maximum atomic E-state index is 13.7. The van der Waals surface area contributed by atoms with Crippen LogP contribution < -0.4 is 27.2 Å². The van der Waals surface area contributed by atoms with Crippen molar-refractivity contribution in [3.05, 3.63) is 65.2 Å². The quantitative estimate of drug-likeness (QED) is 0.188. The first-order chi connectivity index (χ1) is 17.5. The summed E-state index contributed by atoms with van der Waals surface area (Å²) >= 11 is 0. The minimum Gasteiger partial charge on any atom is -0.351 e. The summed E-state index contributed by atoms with van der Waals surface area (Å²) in [6, 6.07) is 9.58. The Kier molecular flexibility index (Phi) is 9.69. The molecule has 192 valence electrons. The number of anilines is 1. The number of urea groups is 1. The number of hydrogen-bond acceptors (Lipinski definition) is 5. The first-order valence-electron chi connectivity index (χ1n) is 10.6. The predicted octanol–water partition coefficient (Wildman–Crippen LogP) is 1.34. The summed E-state index contributed by atoms with van der Waals surface area (Å²) in [6.45, 7) is 1.84. The smallest absolute Gasteiger partial charge is 0.316 e. The lowest BCUT2D eigenvalue weighted by Gasteiger charge is -2.36. The van der Waals surface area contributed by atoms with Crippen LogP contribution in [0.1, 0.15) is 35.3 Å². The van der Waals surface area contributed by atoms with Crippen LogP contribution in [0.15, 0.2) is 48.5 Å². The SMILES string of the molecule is CC(=O)NC(C)(C(F)F)C(NC(=O)c1ccc(C#CC#Cc2ccc(NC(N)=O)cc2)cc1)C(=O)NO. The molecule has 0 aliphatic carbocycles. The summed E-state index contributed by atoms with van der Waals surface area (Å²) in [5.74, 6) is 7.79. The lowest BCUT2D eigenvalue weighted by atomic mass is 9.91. The zero-order valence-electron chi connectivity index (χ0n) is 19.7. The summed E-state index contributed by atoms with van der Waals surface area (Å²) < 4.78 is 27.5. The number of alkyl halides is 2. The van der Waals surface area contributed by atoms with Gasteiger partial charge in [-0.3, -0.25) is 19.6 Å². The first kappa shape index (κ1) is 28.3. The molecule has 0 spiro atoms. The fourth-order valence-corrected chi connectivity index (χ4v) is 3.09. The highest BCUT2D eigenvalue weighted by atomic mass is 19.3. The van der Waals surface area contributed by atoms with Crippen molar-refractivity contribution < 1.29 is 33.2 Å². The molecule has 0 fully saturated rings. The highest BCUT2D eigenvalue weighted by Crippen LogP contribution is 2.21. The van der Waals surface area contributed by atoms with Gasteiger partial charge in [-0.25, -0.2) is 19.1 Å². The summed E-state index contributed by atoms with van der Waals surface area (Å²) in [5, 5.41) is 15.5. The van der Waals surface area contributed by atoms with Crippen LogP contribution in [0, 0.1) is 23.7 Å². The number of halogens is 2. The van der Waals surface area contributed by atoms with Gasteiger partial charge in [0, 0.05) is 29.3 Å². The van der Waals surface area contributed by atoms with Crippen LogP contribution in [0.2, 0.25) is 0 Å². The Morgan fingerprint density at radius 3 is 1.89 bits per heavy atom. The van der Waals surface area contributed by atoms with E-state index in [1.807, 2.05) is 5.32 Å². The van der Waals surface area contributed by atoms with E-state index in [2.05, 4.69) is 34.3 Å². The van der Waals surface area contributed by atoms with Crippen molar-refractivity contribution in [1.82, 2.24) is 16.1 Å². The number of hydrogen-bond donors (Lipinski definition) is 6. The molecule has 2 atom stereocenters. The topological polar surface area (TPSA) is 163 Å². The van der Waals surface area contributed by atoms with Crippen LogP contribution in [0.25, 0.3) is 0 Å². The molecule has 0 heterocycles. The van der Waals surface area contributed by atoms with Gasteiger partial charge in [0.25, 0.3) is 18.2 Å². The van der Waals surface area contributed by atoms with Crippen molar-refractivity contribution in [3.63, 3.8) is 0 Å². The van der Waals surface area contributed by atoms with E-state index in [0.29, 0.717) is 16.8 Å². The Labute approximate surface area is 210 Å². The number of carbonyl (C=O) groups is 4. The van der Waals surface area contributed by atoms with Crippen LogP contribution in [-0.4, -0.2) is 47.0 Å². The van der Waals surface area contributed by atoms with Crippen molar-refractivity contribution >= 4 is 29.4 Å². The molecule has 5 amide bonds. The Morgan fingerprint density at radius 2 is 1.46 bits per heavy atom. The molecule has 10 nitrogen and oxygen atoms in total. The molecular formula is C25H23F2N5O5. The zero-order valence-corrected chi connectivity index (χ0v) is 19.7. The number of rotatable bonds is 7. The van der Waals surface area contributed by atoms with Gasteiger partial charge in [0.1, 0.15) is 11.6 Å². The van der Waals surface area contributed by atoms with Crippen molar-refractivity contribution in [3.8, 4) is 23.7 Å². The molecule has 0 aliphatic heterocycles. The second-order valence-corrected chi connectivity index (χ2v) is 7.79. The molecule has 37 heavy (non-hydrogen) atoms. The zero-order chi connectivity index (χ0) is 27.6.